The summed E-state index contributed by atoms with van der Waals surface area (Å²) in [6.07, 6.45) is 1.68. The third kappa shape index (κ3) is 5.86. The number of rotatable bonds is 7. The van der Waals surface area contributed by atoms with Crippen molar-refractivity contribution in [2.75, 3.05) is 20.2 Å². The van der Waals surface area contributed by atoms with Gasteiger partial charge in [-0.25, -0.2) is 13.6 Å². The van der Waals surface area contributed by atoms with Crippen LogP contribution in [-0.2, 0) is 4.74 Å². The Kier molecular flexibility index (Phi) is 7.17. The number of ether oxygens (including phenoxy) is 1. The number of nitrogens with zero attached hydrogens (tertiary/aromatic N) is 1. The number of carbonyl (C=O) groups is 1. The van der Waals surface area contributed by atoms with Crippen LogP contribution in [0.2, 0.25) is 0 Å². The fourth-order valence-corrected chi connectivity index (χ4v) is 2.70. The lowest BCUT2D eigenvalue weighted by atomic mass is 10.1. The maximum absolute atomic E-state index is 13.9. The Morgan fingerprint density at radius 1 is 1.35 bits per heavy atom. The van der Waals surface area contributed by atoms with Crippen molar-refractivity contribution in [3.63, 3.8) is 0 Å². The van der Waals surface area contributed by atoms with Crippen LogP contribution in [0.15, 0.2) is 23.2 Å². The predicted octanol–water partition coefficient (Wildman–Crippen LogP) is 2.72. The molecule has 6 nitrogen and oxygen atoms in total. The van der Waals surface area contributed by atoms with Gasteiger partial charge in [0.1, 0.15) is 11.6 Å². The van der Waals surface area contributed by atoms with Gasteiger partial charge in [-0.1, -0.05) is 6.07 Å². The predicted molar refractivity (Wildman–Crippen MR) is 95.9 cm³/mol. The Morgan fingerprint density at radius 2 is 2.08 bits per heavy atom. The molecule has 0 aromatic heterocycles. The average Bonchev–Trinajstić information content (AvgIpc) is 3.42. The number of nitrogens with one attached hydrogen (secondary N) is 3. The quantitative estimate of drug-likeness (QED) is 0.511. The van der Waals surface area contributed by atoms with Crippen LogP contribution in [0.1, 0.15) is 38.3 Å². The van der Waals surface area contributed by atoms with Crippen molar-refractivity contribution >= 4 is 12.1 Å². The zero-order chi connectivity index (χ0) is 19.1. The topological polar surface area (TPSA) is 74.8 Å². The van der Waals surface area contributed by atoms with Gasteiger partial charge < -0.3 is 20.7 Å². The molecule has 0 aliphatic heterocycles. The van der Waals surface area contributed by atoms with Gasteiger partial charge in [-0.2, -0.15) is 0 Å². The summed E-state index contributed by atoms with van der Waals surface area (Å²) < 4.78 is 31.9. The first-order valence-corrected chi connectivity index (χ1v) is 8.80. The van der Waals surface area contributed by atoms with Gasteiger partial charge in [0.25, 0.3) is 0 Å². The van der Waals surface area contributed by atoms with Gasteiger partial charge in [-0.05, 0) is 38.7 Å². The minimum Gasteiger partial charge on any atom is -0.450 e. The fraction of sp³-hybridized carbons (Fsp3) is 0.556. The van der Waals surface area contributed by atoms with Crippen molar-refractivity contribution in [3.05, 3.63) is 35.4 Å². The number of guanidine groups is 1. The molecule has 144 valence electrons. The second-order valence-electron chi connectivity index (χ2n) is 6.29. The van der Waals surface area contributed by atoms with Crippen LogP contribution < -0.4 is 16.0 Å². The van der Waals surface area contributed by atoms with Crippen LogP contribution in [-0.4, -0.2) is 38.3 Å². The maximum Gasteiger partial charge on any atom is 0.407 e. The van der Waals surface area contributed by atoms with Gasteiger partial charge in [0.05, 0.1) is 18.7 Å². The van der Waals surface area contributed by atoms with Gasteiger partial charge >= 0.3 is 6.09 Å². The maximum atomic E-state index is 13.9. The van der Waals surface area contributed by atoms with E-state index in [2.05, 4.69) is 20.9 Å². The lowest BCUT2D eigenvalue weighted by molar-refractivity contribution is 0.146. The third-order valence-corrected chi connectivity index (χ3v) is 4.26. The molecule has 26 heavy (non-hydrogen) atoms. The van der Waals surface area contributed by atoms with Crippen LogP contribution >= 0.6 is 0 Å². The van der Waals surface area contributed by atoms with E-state index in [4.69, 9.17) is 4.74 Å². The van der Waals surface area contributed by atoms with E-state index < -0.39 is 23.8 Å². The van der Waals surface area contributed by atoms with Crippen LogP contribution in [0.5, 0.6) is 0 Å². The summed E-state index contributed by atoms with van der Waals surface area (Å²) in [5.41, 5.74) is 0.345. The average molecular weight is 368 g/mol. The number of hydrogen-bond acceptors (Lipinski definition) is 3. The van der Waals surface area contributed by atoms with E-state index in [1.807, 2.05) is 0 Å². The minimum absolute atomic E-state index is 0.0644. The lowest BCUT2D eigenvalue weighted by Gasteiger charge is -2.22. The Labute approximate surface area is 152 Å². The highest BCUT2D eigenvalue weighted by atomic mass is 19.1. The Balaban J connectivity index is 1.90. The number of halogens is 2. The molecule has 8 heteroatoms. The Morgan fingerprint density at radius 3 is 2.65 bits per heavy atom. The van der Waals surface area contributed by atoms with E-state index in [0.29, 0.717) is 30.6 Å². The molecule has 1 aromatic rings. The lowest BCUT2D eigenvalue weighted by Crippen LogP contribution is -2.48. The van der Waals surface area contributed by atoms with Gasteiger partial charge in [0.15, 0.2) is 5.96 Å². The molecule has 2 rings (SSSR count). The molecule has 1 fully saturated rings. The molecule has 1 saturated carbocycles. The van der Waals surface area contributed by atoms with Gasteiger partial charge in [0, 0.05) is 25.2 Å². The highest BCUT2D eigenvalue weighted by Crippen LogP contribution is 2.32. The van der Waals surface area contributed by atoms with Crippen LogP contribution in [0, 0.1) is 17.6 Å². The summed E-state index contributed by atoms with van der Waals surface area (Å²) in [5.74, 6) is -0.340. The molecule has 1 aromatic carbocycles. The van der Waals surface area contributed by atoms with E-state index in [1.165, 1.54) is 12.1 Å². The Bertz CT molecular complexity index is 650. The van der Waals surface area contributed by atoms with Crippen molar-refractivity contribution in [2.24, 2.45) is 10.9 Å². The first-order chi connectivity index (χ1) is 12.4. The van der Waals surface area contributed by atoms with Crippen LogP contribution in [0.4, 0.5) is 13.6 Å². The molecule has 2 unspecified atom stereocenters. The fourth-order valence-electron chi connectivity index (χ4n) is 2.70. The van der Waals surface area contributed by atoms with Gasteiger partial charge in [-0.15, -0.1) is 0 Å². The van der Waals surface area contributed by atoms with E-state index in [1.54, 1.807) is 20.9 Å². The molecular formula is C18H26F2N4O2. The number of hydrogen-bond donors (Lipinski definition) is 3. The van der Waals surface area contributed by atoms with Crippen molar-refractivity contribution in [3.8, 4) is 0 Å². The standard InChI is InChI=1S/C18H26F2N4O2/c1-4-26-18(25)24-16(12-5-6-12)10-22-17(21-3)23-11(2)14-8-7-13(19)9-15(14)20/h7-9,11-12,16H,4-6,10H2,1-3H3,(H,24,25)(H2,21,22,23). The highest BCUT2D eigenvalue weighted by Gasteiger charge is 2.32. The number of carbonyl (C=O) groups excluding carboxylic acids is 1. The molecule has 3 N–H and O–H groups in total. The van der Waals surface area contributed by atoms with Crippen LogP contribution in [0.25, 0.3) is 0 Å². The monoisotopic (exact) mass is 368 g/mol. The van der Waals surface area contributed by atoms with E-state index >= 15 is 0 Å². The number of alkyl carbamates (subject to hydrolysis) is 1. The molecule has 1 amide bonds. The first kappa shape index (κ1) is 19.9. The molecule has 0 radical (unpaired) electrons. The van der Waals surface area contributed by atoms with Crippen molar-refractivity contribution in [1.29, 1.82) is 0 Å². The van der Waals surface area contributed by atoms with Crippen molar-refractivity contribution in [2.45, 2.75) is 38.8 Å². The van der Waals surface area contributed by atoms with Crippen molar-refractivity contribution in [1.82, 2.24) is 16.0 Å². The van der Waals surface area contributed by atoms with Crippen molar-refractivity contribution < 1.29 is 18.3 Å². The molecule has 0 spiro atoms. The summed E-state index contributed by atoms with van der Waals surface area (Å²) in [6.45, 7) is 4.31. The van der Waals surface area contributed by atoms with E-state index in [-0.39, 0.29) is 6.04 Å². The number of aliphatic imine (C=N–C) groups is 1. The summed E-state index contributed by atoms with van der Waals surface area (Å²) in [4.78, 5) is 15.8. The highest BCUT2D eigenvalue weighted by molar-refractivity contribution is 5.80. The molecule has 0 bridgehead atoms. The zero-order valence-corrected chi connectivity index (χ0v) is 15.3. The number of amides is 1. The van der Waals surface area contributed by atoms with E-state index in [9.17, 15) is 13.6 Å². The smallest absolute Gasteiger partial charge is 0.407 e. The zero-order valence-electron chi connectivity index (χ0n) is 15.3. The van der Waals surface area contributed by atoms with Gasteiger partial charge in [0.2, 0.25) is 0 Å². The summed E-state index contributed by atoms with van der Waals surface area (Å²) >= 11 is 0. The molecule has 2 atom stereocenters. The van der Waals surface area contributed by atoms with E-state index in [0.717, 1.165) is 18.9 Å². The molecule has 1 aliphatic carbocycles. The molecule has 0 saturated heterocycles. The molecular weight excluding hydrogens is 342 g/mol. The molecule has 0 heterocycles. The normalized spacial score (nSPS) is 16.6. The van der Waals surface area contributed by atoms with Crippen LogP contribution in [0.3, 0.4) is 0 Å². The van der Waals surface area contributed by atoms with Gasteiger partial charge in [-0.3, -0.25) is 4.99 Å². The largest absolute Gasteiger partial charge is 0.450 e. The first-order valence-electron chi connectivity index (χ1n) is 8.80. The second-order valence-corrected chi connectivity index (χ2v) is 6.29. The number of benzene rings is 1. The SMILES string of the molecule is CCOC(=O)NC(CNC(=NC)NC(C)c1ccc(F)cc1F)C1CC1. The summed E-state index contributed by atoms with van der Waals surface area (Å²) in [5, 5.41) is 9.06. The summed E-state index contributed by atoms with van der Waals surface area (Å²) in [7, 11) is 1.61. The third-order valence-electron chi connectivity index (χ3n) is 4.26. The second kappa shape index (κ2) is 9.35. The minimum atomic E-state index is -0.613. The molecule has 1 aliphatic rings. The Hall–Kier alpha value is -2.38. The summed E-state index contributed by atoms with van der Waals surface area (Å²) in [6, 6.07) is 3.02.